The van der Waals surface area contributed by atoms with Crippen molar-refractivity contribution in [2.45, 2.75) is 141 Å². The molecule has 1 heteroatoms. The monoisotopic (exact) mass is 1140 g/mol. The molecule has 0 spiro atoms. The summed E-state index contributed by atoms with van der Waals surface area (Å²) in [5, 5.41) is 5.55. The van der Waals surface area contributed by atoms with Crippen LogP contribution in [0.1, 0.15) is 137 Å². The first kappa shape index (κ1) is 63.9. The maximum Gasteiger partial charge on any atom is 0.0384 e. The molecule has 1 aliphatic rings. The fourth-order valence-corrected chi connectivity index (χ4v) is 13.0. The quantitative estimate of drug-likeness (QED) is 0.156. The van der Waals surface area contributed by atoms with Gasteiger partial charge in [0, 0.05) is 25.6 Å². The van der Waals surface area contributed by atoms with Crippen molar-refractivity contribution >= 4 is 42.3 Å². The van der Waals surface area contributed by atoms with E-state index in [1.165, 1.54) is 154 Å². The molecule has 0 unspecified atom stereocenters. The lowest BCUT2D eigenvalue weighted by Crippen LogP contribution is -2.15. The molecule has 1 aromatic heterocycles. The highest BCUT2D eigenvalue weighted by molar-refractivity contribution is 7.26. The van der Waals surface area contributed by atoms with E-state index in [-0.39, 0.29) is 5.41 Å². The van der Waals surface area contributed by atoms with E-state index in [0.29, 0.717) is 5.92 Å². The van der Waals surface area contributed by atoms with Gasteiger partial charge in [-0.2, -0.15) is 0 Å². The summed E-state index contributed by atoms with van der Waals surface area (Å²) in [5.74, 6) is 0.647. The number of thiophene rings is 1. The van der Waals surface area contributed by atoms with Crippen LogP contribution in [-0.4, -0.2) is 0 Å². The zero-order valence-electron chi connectivity index (χ0n) is 54.5. The Balaban J connectivity index is 0.000000137. The summed E-state index contributed by atoms with van der Waals surface area (Å²) < 4.78 is 2.81. The summed E-state index contributed by atoms with van der Waals surface area (Å²) in [6, 6.07) is 80.9. The second kappa shape index (κ2) is 29.3. The second-order valence-electron chi connectivity index (χ2n) is 24.5. The first-order chi connectivity index (χ1) is 41.3. The molecule has 0 aliphatic heterocycles. The van der Waals surface area contributed by atoms with Crippen LogP contribution < -0.4 is 0 Å². The molecule has 1 heterocycles. The van der Waals surface area contributed by atoms with E-state index < -0.39 is 0 Å². The number of fused-ring (bicyclic) bond motifs is 8. The maximum atomic E-state index is 2.40. The topological polar surface area (TPSA) is 0 Å². The molecule has 0 N–H and O–H groups in total. The predicted molar refractivity (Wildman–Crippen MR) is 382 cm³/mol. The predicted octanol–water partition coefficient (Wildman–Crippen LogP) is 25.0. The summed E-state index contributed by atoms with van der Waals surface area (Å²) in [7, 11) is 0. The van der Waals surface area contributed by atoms with Gasteiger partial charge in [0.05, 0.1) is 0 Å². The number of hydrogen-bond donors (Lipinski definition) is 0. The summed E-state index contributed by atoms with van der Waals surface area (Å²) in [6.07, 6.45) is 3.46. The van der Waals surface area contributed by atoms with Crippen molar-refractivity contribution in [2.75, 3.05) is 0 Å². The second-order valence-corrected chi connectivity index (χ2v) is 25.6. The van der Waals surface area contributed by atoms with Crippen LogP contribution in [0.4, 0.5) is 0 Å². The van der Waals surface area contributed by atoms with E-state index in [2.05, 4.69) is 317 Å². The van der Waals surface area contributed by atoms with Crippen LogP contribution in [0.2, 0.25) is 0 Å². The zero-order valence-corrected chi connectivity index (χ0v) is 55.3. The highest BCUT2D eigenvalue weighted by atomic mass is 32.1. The molecule has 0 nitrogen and oxygen atoms in total. The molecule has 0 saturated heterocycles. The van der Waals surface area contributed by atoms with Gasteiger partial charge in [-0.3, -0.25) is 0 Å². The van der Waals surface area contributed by atoms with Gasteiger partial charge < -0.3 is 0 Å². The van der Waals surface area contributed by atoms with Crippen molar-refractivity contribution in [2.24, 2.45) is 0 Å². The van der Waals surface area contributed by atoms with Crippen LogP contribution >= 0.6 is 11.3 Å². The molecule has 438 valence electrons. The van der Waals surface area contributed by atoms with Crippen molar-refractivity contribution in [3.05, 3.63) is 308 Å². The molecule has 1 aliphatic carbocycles. The van der Waals surface area contributed by atoms with Crippen molar-refractivity contribution in [3.8, 4) is 33.4 Å². The third kappa shape index (κ3) is 15.1. The highest BCUT2D eigenvalue weighted by Crippen LogP contribution is 2.52. The lowest BCUT2D eigenvalue weighted by atomic mass is 9.81. The number of aryl methyl sites for hydroxylation is 11. The Morgan fingerprint density at radius 3 is 1.62 bits per heavy atom. The maximum absolute atomic E-state index is 2.40. The average Bonchev–Trinajstić information content (AvgIpc) is 1.68. The molecular formula is C85H92S. The van der Waals surface area contributed by atoms with Crippen LogP contribution in [-0.2, 0) is 18.3 Å². The van der Waals surface area contributed by atoms with Gasteiger partial charge >= 0.3 is 0 Å². The Morgan fingerprint density at radius 1 is 0.372 bits per heavy atom. The fraction of sp³-hybridized carbons (Fsp3) is 0.247. The fourth-order valence-electron chi connectivity index (χ4n) is 11.9. The van der Waals surface area contributed by atoms with E-state index in [1.807, 2.05) is 29.5 Å². The third-order valence-electron chi connectivity index (χ3n) is 17.3. The lowest BCUT2D eigenvalue weighted by Gasteiger charge is -2.22. The Bertz CT molecular complexity index is 4220. The average molecular weight is 1150 g/mol. The van der Waals surface area contributed by atoms with Gasteiger partial charge in [-0.15, -0.1) is 11.3 Å². The Morgan fingerprint density at radius 2 is 0.953 bits per heavy atom. The highest BCUT2D eigenvalue weighted by Gasteiger charge is 2.36. The molecule has 13 rings (SSSR count). The van der Waals surface area contributed by atoms with Crippen LogP contribution in [0, 0.1) is 69.2 Å². The minimum atomic E-state index is 0.0888. The molecule has 0 atom stereocenters. The molecule has 12 aromatic rings. The third-order valence-corrected chi connectivity index (χ3v) is 18.7. The van der Waals surface area contributed by atoms with Gasteiger partial charge in [0.2, 0.25) is 0 Å². The van der Waals surface area contributed by atoms with Crippen molar-refractivity contribution in [3.63, 3.8) is 0 Å². The van der Waals surface area contributed by atoms with Crippen molar-refractivity contribution in [1.82, 2.24) is 0 Å². The van der Waals surface area contributed by atoms with E-state index >= 15 is 0 Å². The molecule has 0 radical (unpaired) electrons. The van der Waals surface area contributed by atoms with Gasteiger partial charge in [0.1, 0.15) is 0 Å². The van der Waals surface area contributed by atoms with Crippen LogP contribution in [0.25, 0.3) is 64.3 Å². The molecular weight excluding hydrogens is 1050 g/mol. The first-order valence-electron chi connectivity index (χ1n) is 31.2. The summed E-state index contributed by atoms with van der Waals surface area (Å²) in [5.41, 5.74) is 29.4. The molecule has 0 fully saturated rings. The standard InChI is InChI=1S/C21H20.C17H20.C16H18.C13H10S.C11H16.C7H8/c1-13-9-10-17-18(11-13)21(3,4)19-12-14(2)15-7-5-6-8-16(15)20(17)19;1-4-8-15-10-5-6-11-17(15)16-12-7-9-13(2)14(16)3;1-4-14-9-10-16(13(3)11-14)15-8-6-5-7-12(15)2;1-9-5-4-7-11-10-6-2-3-8-12(10)14-13(9)11;1-8(2)11-6-5-9(3)10(4)7-11;1-7-5-3-2-4-6-7/h5-12H,1-4H3;5-7,9-12H,4,8H2,1-3H3;5-11H,4H2,1-3H3;2-8H,1H3;5-8H,1-4H3;2-6H,1H3. The van der Waals surface area contributed by atoms with E-state index in [0.717, 1.165) is 12.8 Å². The smallest absolute Gasteiger partial charge is 0.0384 e. The van der Waals surface area contributed by atoms with Crippen molar-refractivity contribution in [1.29, 1.82) is 0 Å². The largest absolute Gasteiger partial charge is 0.135 e. The van der Waals surface area contributed by atoms with Gasteiger partial charge in [-0.05, 0) is 211 Å². The van der Waals surface area contributed by atoms with E-state index in [4.69, 9.17) is 0 Å². The van der Waals surface area contributed by atoms with Gasteiger partial charge in [0.15, 0.2) is 0 Å². The lowest BCUT2D eigenvalue weighted by molar-refractivity contribution is 0.659. The Labute approximate surface area is 521 Å². The van der Waals surface area contributed by atoms with E-state index in [1.54, 1.807) is 0 Å². The molecule has 0 amide bonds. The van der Waals surface area contributed by atoms with Gasteiger partial charge in [0.25, 0.3) is 0 Å². The number of rotatable bonds is 6. The SMILES string of the molecule is CCCc1ccccc1-c1cccc(C)c1C.CCc1ccc(-c2ccccc2C)c(C)c1.Cc1ccc(C(C)C)cc1C.Cc1ccc2c(c1)C(C)(C)c1cc(C)c3ccccc3c1-2.Cc1cccc2c1sc1ccccc12.Cc1ccccc1. The zero-order chi connectivity index (χ0) is 61.7. The van der Waals surface area contributed by atoms with Crippen molar-refractivity contribution < 1.29 is 0 Å². The Hall–Kier alpha value is -8.10. The molecule has 86 heavy (non-hydrogen) atoms. The normalized spacial score (nSPS) is 11.6. The molecule has 0 saturated carbocycles. The van der Waals surface area contributed by atoms with Crippen LogP contribution in [0.3, 0.4) is 0 Å². The first-order valence-corrected chi connectivity index (χ1v) is 32.0. The minimum absolute atomic E-state index is 0.0888. The van der Waals surface area contributed by atoms with Gasteiger partial charge in [-0.25, -0.2) is 0 Å². The summed E-state index contributed by atoms with van der Waals surface area (Å²) in [6.45, 7) is 35.3. The van der Waals surface area contributed by atoms with E-state index in [9.17, 15) is 0 Å². The molecule has 0 bridgehead atoms. The molecule has 11 aromatic carbocycles. The number of benzene rings is 11. The summed E-state index contributed by atoms with van der Waals surface area (Å²) in [4.78, 5) is 0. The van der Waals surface area contributed by atoms with Crippen LogP contribution in [0.15, 0.2) is 224 Å². The van der Waals surface area contributed by atoms with Crippen LogP contribution in [0.5, 0.6) is 0 Å². The minimum Gasteiger partial charge on any atom is -0.135 e. The van der Waals surface area contributed by atoms with Gasteiger partial charge in [-0.1, -0.05) is 277 Å². The summed E-state index contributed by atoms with van der Waals surface area (Å²) >= 11 is 1.89. The Kier molecular flexibility index (Phi) is 21.8. The number of hydrogen-bond acceptors (Lipinski definition) is 1.